The molecule has 0 spiro atoms. The van der Waals surface area contributed by atoms with Gasteiger partial charge in [-0.15, -0.1) is 0 Å². The van der Waals surface area contributed by atoms with E-state index in [0.717, 1.165) is 11.1 Å². The van der Waals surface area contributed by atoms with Crippen molar-refractivity contribution in [2.24, 2.45) is 5.92 Å². The lowest BCUT2D eigenvalue weighted by Crippen LogP contribution is -2.40. The van der Waals surface area contributed by atoms with Gasteiger partial charge in [0.2, 0.25) is 10.0 Å². The molecule has 0 amide bonds. The van der Waals surface area contributed by atoms with Gasteiger partial charge in [0.25, 0.3) is 0 Å². The summed E-state index contributed by atoms with van der Waals surface area (Å²) in [5.74, 6) is -1.82. The minimum Gasteiger partial charge on any atom is -0.481 e. The molecule has 0 fully saturated rings. The van der Waals surface area contributed by atoms with Gasteiger partial charge in [0.15, 0.2) is 0 Å². The fraction of sp³-hybridized carbons (Fsp3) is 0.462. The standard InChI is InChI=1S/C13H19NO4S/c1-8-5-6-12(7-9(8)2)19(17,18)14-11(4)10(3)13(15)16/h5-7,10-11,14H,1-4H3,(H,15,16). The number of benzene rings is 1. The molecule has 0 bridgehead atoms. The fourth-order valence-corrected chi connectivity index (χ4v) is 2.92. The van der Waals surface area contributed by atoms with E-state index in [-0.39, 0.29) is 4.90 Å². The van der Waals surface area contributed by atoms with Crippen LogP contribution in [0, 0.1) is 19.8 Å². The van der Waals surface area contributed by atoms with E-state index in [1.165, 1.54) is 19.9 Å². The first-order valence-electron chi connectivity index (χ1n) is 5.97. The third-order valence-electron chi connectivity index (χ3n) is 3.27. The number of sulfonamides is 1. The van der Waals surface area contributed by atoms with Gasteiger partial charge in [-0.25, -0.2) is 13.1 Å². The summed E-state index contributed by atoms with van der Waals surface area (Å²) < 4.78 is 26.6. The Morgan fingerprint density at radius 3 is 2.26 bits per heavy atom. The van der Waals surface area contributed by atoms with Gasteiger partial charge in [-0.2, -0.15) is 0 Å². The smallest absolute Gasteiger partial charge is 0.307 e. The monoisotopic (exact) mass is 285 g/mol. The average molecular weight is 285 g/mol. The number of carbonyl (C=O) groups is 1. The number of carboxylic acids is 1. The zero-order valence-corrected chi connectivity index (χ0v) is 12.3. The van der Waals surface area contributed by atoms with Crippen LogP contribution in [-0.4, -0.2) is 25.5 Å². The zero-order valence-electron chi connectivity index (χ0n) is 11.5. The van der Waals surface area contributed by atoms with Crippen LogP contribution in [0.1, 0.15) is 25.0 Å². The van der Waals surface area contributed by atoms with Crippen LogP contribution in [0.15, 0.2) is 23.1 Å². The molecule has 5 nitrogen and oxygen atoms in total. The van der Waals surface area contributed by atoms with Crippen molar-refractivity contribution < 1.29 is 18.3 Å². The van der Waals surface area contributed by atoms with Crippen molar-refractivity contribution in [2.45, 2.75) is 38.6 Å². The van der Waals surface area contributed by atoms with Crippen molar-refractivity contribution in [1.82, 2.24) is 4.72 Å². The van der Waals surface area contributed by atoms with Crippen LogP contribution >= 0.6 is 0 Å². The molecule has 19 heavy (non-hydrogen) atoms. The maximum Gasteiger partial charge on any atom is 0.307 e. The summed E-state index contributed by atoms with van der Waals surface area (Å²) >= 11 is 0. The molecule has 0 aliphatic carbocycles. The van der Waals surface area contributed by atoms with Gasteiger partial charge in [-0.05, 0) is 44.0 Å². The Morgan fingerprint density at radius 1 is 1.21 bits per heavy atom. The summed E-state index contributed by atoms with van der Waals surface area (Å²) in [7, 11) is -3.69. The molecule has 0 saturated carbocycles. The molecule has 2 N–H and O–H groups in total. The van der Waals surface area contributed by atoms with E-state index < -0.39 is 28.0 Å². The van der Waals surface area contributed by atoms with E-state index in [4.69, 9.17) is 5.11 Å². The molecule has 1 aromatic carbocycles. The van der Waals surface area contributed by atoms with Crippen LogP contribution in [-0.2, 0) is 14.8 Å². The van der Waals surface area contributed by atoms with Gasteiger partial charge >= 0.3 is 5.97 Å². The second-order valence-corrected chi connectivity index (χ2v) is 6.50. The van der Waals surface area contributed by atoms with E-state index in [9.17, 15) is 13.2 Å². The lowest BCUT2D eigenvalue weighted by atomic mass is 10.1. The first kappa shape index (κ1) is 15.7. The van der Waals surface area contributed by atoms with Crippen LogP contribution in [0.25, 0.3) is 0 Å². The van der Waals surface area contributed by atoms with Crippen molar-refractivity contribution in [1.29, 1.82) is 0 Å². The summed E-state index contributed by atoms with van der Waals surface area (Å²) in [4.78, 5) is 11.0. The largest absolute Gasteiger partial charge is 0.481 e. The summed E-state index contributed by atoms with van der Waals surface area (Å²) in [6.45, 7) is 6.74. The highest BCUT2D eigenvalue weighted by Gasteiger charge is 2.25. The van der Waals surface area contributed by atoms with Crippen LogP contribution in [0.5, 0.6) is 0 Å². The lowest BCUT2D eigenvalue weighted by Gasteiger charge is -2.18. The quantitative estimate of drug-likeness (QED) is 0.862. The van der Waals surface area contributed by atoms with Gasteiger partial charge in [-0.1, -0.05) is 13.0 Å². The van der Waals surface area contributed by atoms with Crippen molar-refractivity contribution in [3.8, 4) is 0 Å². The number of rotatable bonds is 5. The molecule has 0 heterocycles. The molecule has 2 unspecified atom stereocenters. The van der Waals surface area contributed by atoms with Crippen molar-refractivity contribution >= 4 is 16.0 Å². The molecular weight excluding hydrogens is 266 g/mol. The molecule has 1 aromatic rings. The number of aliphatic carboxylic acids is 1. The zero-order chi connectivity index (χ0) is 14.8. The summed E-state index contributed by atoms with van der Waals surface area (Å²) in [6.07, 6.45) is 0. The van der Waals surface area contributed by atoms with E-state index in [2.05, 4.69) is 4.72 Å². The Hall–Kier alpha value is -1.40. The first-order chi connectivity index (χ1) is 8.65. The second kappa shape index (κ2) is 5.71. The number of aryl methyl sites for hydroxylation is 2. The molecule has 1 rings (SSSR count). The Kier molecular flexibility index (Phi) is 4.70. The van der Waals surface area contributed by atoms with Crippen molar-refractivity contribution in [2.75, 3.05) is 0 Å². The van der Waals surface area contributed by atoms with Gasteiger partial charge in [0.1, 0.15) is 0 Å². The van der Waals surface area contributed by atoms with Gasteiger partial charge in [-0.3, -0.25) is 4.79 Å². The molecule has 0 saturated heterocycles. The second-order valence-electron chi connectivity index (χ2n) is 4.78. The minimum atomic E-state index is -3.69. The highest BCUT2D eigenvalue weighted by atomic mass is 32.2. The number of hydrogen-bond acceptors (Lipinski definition) is 3. The fourth-order valence-electron chi connectivity index (χ4n) is 1.51. The van der Waals surface area contributed by atoms with Crippen LogP contribution in [0.3, 0.4) is 0 Å². The third kappa shape index (κ3) is 3.78. The summed E-state index contributed by atoms with van der Waals surface area (Å²) in [5.41, 5.74) is 1.88. The molecule has 0 aliphatic rings. The van der Waals surface area contributed by atoms with E-state index in [1.807, 2.05) is 13.8 Å². The Morgan fingerprint density at radius 2 is 1.79 bits per heavy atom. The van der Waals surface area contributed by atoms with Crippen LogP contribution < -0.4 is 4.72 Å². The topological polar surface area (TPSA) is 83.5 Å². The Balaban J connectivity index is 2.98. The molecule has 0 radical (unpaired) electrons. The Bertz CT molecular complexity index is 580. The van der Waals surface area contributed by atoms with Gasteiger partial charge in [0, 0.05) is 6.04 Å². The lowest BCUT2D eigenvalue weighted by molar-refractivity contribution is -0.141. The minimum absolute atomic E-state index is 0.153. The van der Waals surface area contributed by atoms with Gasteiger partial charge < -0.3 is 5.11 Å². The third-order valence-corrected chi connectivity index (χ3v) is 4.83. The highest BCUT2D eigenvalue weighted by Crippen LogP contribution is 2.16. The average Bonchev–Trinajstić information content (AvgIpc) is 2.30. The predicted molar refractivity (Wildman–Crippen MR) is 72.5 cm³/mol. The summed E-state index contributed by atoms with van der Waals surface area (Å²) in [5, 5.41) is 8.87. The van der Waals surface area contributed by atoms with E-state index in [0.29, 0.717) is 0 Å². The van der Waals surface area contributed by atoms with Crippen LogP contribution in [0.2, 0.25) is 0 Å². The molecule has 6 heteroatoms. The van der Waals surface area contributed by atoms with Crippen molar-refractivity contribution in [3.63, 3.8) is 0 Å². The maximum absolute atomic E-state index is 12.1. The predicted octanol–water partition coefficient (Wildman–Crippen LogP) is 1.69. The Labute approximate surface area is 113 Å². The molecule has 2 atom stereocenters. The van der Waals surface area contributed by atoms with Crippen molar-refractivity contribution in [3.05, 3.63) is 29.3 Å². The molecule has 0 aliphatic heterocycles. The molecular formula is C13H19NO4S. The summed E-state index contributed by atoms with van der Waals surface area (Å²) in [6, 6.07) is 4.15. The maximum atomic E-state index is 12.1. The number of hydrogen-bond donors (Lipinski definition) is 2. The SMILES string of the molecule is Cc1ccc(S(=O)(=O)NC(C)C(C)C(=O)O)cc1C. The number of nitrogens with one attached hydrogen (secondary N) is 1. The molecule has 106 valence electrons. The first-order valence-corrected chi connectivity index (χ1v) is 7.46. The molecule has 0 aromatic heterocycles. The highest BCUT2D eigenvalue weighted by molar-refractivity contribution is 7.89. The van der Waals surface area contributed by atoms with Crippen LogP contribution in [0.4, 0.5) is 0 Å². The van der Waals surface area contributed by atoms with Gasteiger partial charge in [0.05, 0.1) is 10.8 Å². The van der Waals surface area contributed by atoms with E-state index in [1.54, 1.807) is 12.1 Å². The normalized spacial score (nSPS) is 14.9. The number of carboxylic acid groups (broad SMARTS) is 1. The van der Waals surface area contributed by atoms with E-state index >= 15 is 0 Å².